The zero-order valence-corrected chi connectivity index (χ0v) is 10.8. The molecule has 0 saturated heterocycles. The molecule has 0 amide bonds. The molecule has 0 aromatic carbocycles. The van der Waals surface area contributed by atoms with E-state index in [2.05, 4.69) is 17.2 Å². The maximum absolute atomic E-state index is 5.75. The Morgan fingerprint density at radius 3 is 3.00 bits per heavy atom. The summed E-state index contributed by atoms with van der Waals surface area (Å²) in [5.41, 5.74) is 0.738. The molecule has 0 fully saturated rings. The molecule has 4 heteroatoms. The first-order valence-corrected chi connectivity index (χ1v) is 6.14. The van der Waals surface area contributed by atoms with Crippen molar-refractivity contribution in [2.45, 2.75) is 19.9 Å². The van der Waals surface area contributed by atoms with Gasteiger partial charge in [0, 0.05) is 6.20 Å². The second-order valence-electron chi connectivity index (χ2n) is 4.00. The molecule has 0 saturated carbocycles. The number of hydrogen-bond donors (Lipinski definition) is 1. The summed E-state index contributed by atoms with van der Waals surface area (Å²) in [6.45, 7) is 3.87. The summed E-state index contributed by atoms with van der Waals surface area (Å²) >= 11 is 0. The topological polar surface area (TPSA) is 47.3 Å². The van der Waals surface area contributed by atoms with Crippen LogP contribution in [0, 0.1) is 0 Å². The Hall–Kier alpha value is -1.81. The second-order valence-corrected chi connectivity index (χ2v) is 4.00. The fourth-order valence-electron chi connectivity index (χ4n) is 1.73. The third-order valence-corrected chi connectivity index (χ3v) is 2.61. The van der Waals surface area contributed by atoms with Gasteiger partial charge in [0.15, 0.2) is 5.76 Å². The van der Waals surface area contributed by atoms with E-state index in [0.717, 1.165) is 42.5 Å². The molecule has 0 aliphatic rings. The van der Waals surface area contributed by atoms with Crippen LogP contribution in [0.3, 0.4) is 0 Å². The lowest BCUT2D eigenvalue weighted by Crippen LogP contribution is -2.12. The lowest BCUT2D eigenvalue weighted by Gasteiger charge is -2.04. The van der Waals surface area contributed by atoms with Crippen molar-refractivity contribution in [3.05, 3.63) is 36.2 Å². The molecule has 0 spiro atoms. The summed E-state index contributed by atoms with van der Waals surface area (Å²) < 4.78 is 11.0. The normalized spacial score (nSPS) is 10.6. The Labute approximate surface area is 107 Å². The zero-order chi connectivity index (χ0) is 12.8. The van der Waals surface area contributed by atoms with Gasteiger partial charge in [0.2, 0.25) is 0 Å². The van der Waals surface area contributed by atoms with Crippen LogP contribution in [0.25, 0.3) is 11.5 Å². The van der Waals surface area contributed by atoms with Gasteiger partial charge in [-0.15, -0.1) is 0 Å². The van der Waals surface area contributed by atoms with Crippen molar-refractivity contribution in [1.82, 2.24) is 10.3 Å². The molecular weight excluding hydrogens is 228 g/mol. The van der Waals surface area contributed by atoms with E-state index >= 15 is 0 Å². The van der Waals surface area contributed by atoms with E-state index < -0.39 is 0 Å². The van der Waals surface area contributed by atoms with Crippen LogP contribution in [0.1, 0.15) is 19.1 Å². The first-order valence-electron chi connectivity index (χ1n) is 6.14. The minimum atomic E-state index is 0.722. The van der Waals surface area contributed by atoms with Crippen molar-refractivity contribution in [2.24, 2.45) is 0 Å². The molecule has 0 aliphatic heterocycles. The van der Waals surface area contributed by atoms with Gasteiger partial charge in [-0.25, -0.2) is 4.98 Å². The van der Waals surface area contributed by atoms with Crippen LogP contribution < -0.4 is 10.1 Å². The van der Waals surface area contributed by atoms with E-state index in [-0.39, 0.29) is 0 Å². The molecule has 2 heterocycles. The van der Waals surface area contributed by atoms with Crippen LogP contribution in [-0.4, -0.2) is 18.6 Å². The predicted molar refractivity (Wildman–Crippen MR) is 70.5 cm³/mol. The van der Waals surface area contributed by atoms with E-state index in [4.69, 9.17) is 9.15 Å². The lowest BCUT2D eigenvalue weighted by molar-refractivity contribution is 0.411. The van der Waals surface area contributed by atoms with Crippen LogP contribution in [-0.2, 0) is 6.54 Å². The number of ether oxygens (including phenoxy) is 1. The minimum absolute atomic E-state index is 0.722. The van der Waals surface area contributed by atoms with Gasteiger partial charge in [-0.1, -0.05) is 6.92 Å². The molecule has 0 aliphatic carbocycles. The van der Waals surface area contributed by atoms with Crippen molar-refractivity contribution in [3.63, 3.8) is 0 Å². The summed E-state index contributed by atoms with van der Waals surface area (Å²) in [5.74, 6) is 2.37. The lowest BCUT2D eigenvalue weighted by atomic mass is 10.2. The van der Waals surface area contributed by atoms with Gasteiger partial charge < -0.3 is 14.5 Å². The fourth-order valence-corrected chi connectivity index (χ4v) is 1.73. The van der Waals surface area contributed by atoms with Crippen LogP contribution in [0.4, 0.5) is 0 Å². The van der Waals surface area contributed by atoms with Crippen LogP contribution in [0.5, 0.6) is 5.75 Å². The van der Waals surface area contributed by atoms with E-state index in [1.165, 1.54) is 0 Å². The standard InChI is InChI=1S/C14H18N2O2/c1-3-8-15-10-11-6-7-13(18-11)14-12(17-2)5-4-9-16-14/h4-7,9,15H,3,8,10H2,1-2H3. The number of nitrogens with zero attached hydrogens (tertiary/aromatic N) is 1. The molecule has 18 heavy (non-hydrogen) atoms. The van der Waals surface area contributed by atoms with Gasteiger partial charge in [0.25, 0.3) is 0 Å². The Bertz CT molecular complexity index is 494. The van der Waals surface area contributed by atoms with Crippen molar-refractivity contribution in [1.29, 1.82) is 0 Å². The van der Waals surface area contributed by atoms with Crippen LogP contribution >= 0.6 is 0 Å². The molecule has 2 aromatic rings. The molecule has 0 radical (unpaired) electrons. The molecule has 0 bridgehead atoms. The maximum atomic E-state index is 5.75. The Morgan fingerprint density at radius 1 is 1.33 bits per heavy atom. The van der Waals surface area contributed by atoms with Gasteiger partial charge >= 0.3 is 0 Å². The van der Waals surface area contributed by atoms with E-state index in [9.17, 15) is 0 Å². The number of furan rings is 1. The van der Waals surface area contributed by atoms with E-state index in [1.807, 2.05) is 24.3 Å². The number of methoxy groups -OCH3 is 1. The Balaban J connectivity index is 2.13. The molecule has 1 N–H and O–H groups in total. The van der Waals surface area contributed by atoms with Crippen molar-refractivity contribution >= 4 is 0 Å². The van der Waals surface area contributed by atoms with Crippen LogP contribution in [0.2, 0.25) is 0 Å². The zero-order valence-electron chi connectivity index (χ0n) is 10.8. The predicted octanol–water partition coefficient (Wildman–Crippen LogP) is 2.85. The molecule has 0 atom stereocenters. The molecule has 0 unspecified atom stereocenters. The molecule has 4 nitrogen and oxygen atoms in total. The highest BCUT2D eigenvalue weighted by Crippen LogP contribution is 2.28. The Morgan fingerprint density at radius 2 is 2.22 bits per heavy atom. The van der Waals surface area contributed by atoms with Gasteiger partial charge in [-0.05, 0) is 37.2 Å². The van der Waals surface area contributed by atoms with Crippen molar-refractivity contribution in [2.75, 3.05) is 13.7 Å². The molecular formula is C14H18N2O2. The minimum Gasteiger partial charge on any atom is -0.494 e. The van der Waals surface area contributed by atoms with Gasteiger partial charge in [0.05, 0.1) is 13.7 Å². The number of aromatic nitrogens is 1. The number of hydrogen-bond acceptors (Lipinski definition) is 4. The van der Waals surface area contributed by atoms with Crippen molar-refractivity contribution in [3.8, 4) is 17.2 Å². The monoisotopic (exact) mass is 246 g/mol. The SMILES string of the molecule is CCCNCc1ccc(-c2ncccc2OC)o1. The summed E-state index contributed by atoms with van der Waals surface area (Å²) in [5, 5.41) is 3.30. The van der Waals surface area contributed by atoms with Gasteiger partial charge in [-0.2, -0.15) is 0 Å². The van der Waals surface area contributed by atoms with E-state index in [0.29, 0.717) is 0 Å². The largest absolute Gasteiger partial charge is 0.494 e. The first-order chi connectivity index (χ1) is 8.85. The highest BCUT2D eigenvalue weighted by atomic mass is 16.5. The quantitative estimate of drug-likeness (QED) is 0.796. The molecule has 96 valence electrons. The van der Waals surface area contributed by atoms with Gasteiger partial charge in [0.1, 0.15) is 17.2 Å². The summed E-state index contributed by atoms with van der Waals surface area (Å²) in [7, 11) is 1.63. The van der Waals surface area contributed by atoms with Crippen LogP contribution in [0.15, 0.2) is 34.9 Å². The highest BCUT2D eigenvalue weighted by molar-refractivity contribution is 5.60. The smallest absolute Gasteiger partial charge is 0.156 e. The summed E-state index contributed by atoms with van der Waals surface area (Å²) in [6.07, 6.45) is 2.84. The summed E-state index contributed by atoms with van der Waals surface area (Å²) in [6, 6.07) is 7.61. The van der Waals surface area contributed by atoms with Crippen molar-refractivity contribution < 1.29 is 9.15 Å². The fraction of sp³-hybridized carbons (Fsp3) is 0.357. The van der Waals surface area contributed by atoms with Gasteiger partial charge in [-0.3, -0.25) is 0 Å². The second kappa shape index (κ2) is 6.21. The molecule has 2 aromatic heterocycles. The average molecular weight is 246 g/mol. The van der Waals surface area contributed by atoms with E-state index in [1.54, 1.807) is 13.3 Å². The third-order valence-electron chi connectivity index (χ3n) is 2.61. The maximum Gasteiger partial charge on any atom is 0.156 e. The molecule has 2 rings (SSSR count). The Kier molecular flexibility index (Phi) is 4.36. The highest BCUT2D eigenvalue weighted by Gasteiger charge is 2.10. The average Bonchev–Trinajstić information content (AvgIpc) is 2.88. The number of rotatable bonds is 6. The number of nitrogens with one attached hydrogen (secondary N) is 1. The number of pyridine rings is 1. The third kappa shape index (κ3) is 2.90. The first kappa shape index (κ1) is 12.6. The summed E-state index contributed by atoms with van der Waals surface area (Å²) in [4.78, 5) is 4.29.